The predicted octanol–water partition coefficient (Wildman–Crippen LogP) is 2.55. The SMILES string of the molecule is [CH2]C(CC)(CC)C[CH]O. The molecular formula is C8H16O. The van der Waals surface area contributed by atoms with Crippen molar-refractivity contribution in [2.45, 2.75) is 33.1 Å². The summed E-state index contributed by atoms with van der Waals surface area (Å²) in [4.78, 5) is 0. The van der Waals surface area contributed by atoms with Crippen LogP contribution in [-0.4, -0.2) is 5.11 Å². The second-order valence-electron chi connectivity index (χ2n) is 2.59. The van der Waals surface area contributed by atoms with Crippen LogP contribution in [0.15, 0.2) is 0 Å². The highest BCUT2D eigenvalue weighted by molar-refractivity contribution is 4.80. The van der Waals surface area contributed by atoms with Gasteiger partial charge in [0.25, 0.3) is 0 Å². The average molecular weight is 128 g/mol. The Balaban J connectivity index is 3.62. The lowest BCUT2D eigenvalue weighted by Crippen LogP contribution is -2.13. The van der Waals surface area contributed by atoms with Crippen LogP contribution in [0.3, 0.4) is 0 Å². The molecule has 0 aromatic carbocycles. The van der Waals surface area contributed by atoms with E-state index in [0.29, 0.717) is 6.42 Å². The van der Waals surface area contributed by atoms with Crippen LogP contribution in [0.2, 0.25) is 0 Å². The normalized spacial score (nSPS) is 12.0. The van der Waals surface area contributed by atoms with Gasteiger partial charge in [0, 0.05) is 0 Å². The maximum absolute atomic E-state index is 8.50. The first-order valence-corrected chi connectivity index (χ1v) is 3.49. The van der Waals surface area contributed by atoms with E-state index < -0.39 is 0 Å². The number of hydrogen-bond acceptors (Lipinski definition) is 1. The molecule has 0 aliphatic rings. The maximum Gasteiger partial charge on any atom is 0.0804 e. The molecule has 0 saturated heterocycles. The quantitative estimate of drug-likeness (QED) is 0.617. The van der Waals surface area contributed by atoms with Crippen LogP contribution in [0.1, 0.15) is 33.1 Å². The van der Waals surface area contributed by atoms with Crippen molar-refractivity contribution >= 4 is 0 Å². The zero-order valence-electron chi connectivity index (χ0n) is 6.35. The van der Waals surface area contributed by atoms with Crippen LogP contribution in [0, 0.1) is 18.9 Å². The third kappa shape index (κ3) is 2.85. The lowest BCUT2D eigenvalue weighted by molar-refractivity contribution is 0.266. The van der Waals surface area contributed by atoms with Crippen molar-refractivity contribution in [1.82, 2.24) is 0 Å². The molecule has 0 rings (SSSR count). The Morgan fingerprint density at radius 2 is 1.89 bits per heavy atom. The van der Waals surface area contributed by atoms with E-state index in [1.807, 2.05) is 0 Å². The topological polar surface area (TPSA) is 20.2 Å². The molecule has 0 bridgehead atoms. The van der Waals surface area contributed by atoms with Crippen LogP contribution in [0.5, 0.6) is 0 Å². The lowest BCUT2D eigenvalue weighted by atomic mass is 9.82. The van der Waals surface area contributed by atoms with Gasteiger partial charge in [0.05, 0.1) is 6.61 Å². The van der Waals surface area contributed by atoms with Gasteiger partial charge in [-0.2, -0.15) is 0 Å². The molecule has 54 valence electrons. The van der Waals surface area contributed by atoms with Gasteiger partial charge in [0.15, 0.2) is 0 Å². The minimum atomic E-state index is 0.0781. The molecule has 9 heavy (non-hydrogen) atoms. The molecule has 0 aromatic heterocycles. The Bertz CT molecular complexity index is 65.0. The summed E-state index contributed by atoms with van der Waals surface area (Å²) in [7, 11) is 0. The highest BCUT2D eigenvalue weighted by Gasteiger charge is 2.18. The Morgan fingerprint density at radius 3 is 2.00 bits per heavy atom. The Hall–Kier alpha value is -0.0400. The van der Waals surface area contributed by atoms with Crippen LogP contribution in [0.4, 0.5) is 0 Å². The van der Waals surface area contributed by atoms with E-state index in [9.17, 15) is 0 Å². The van der Waals surface area contributed by atoms with Crippen molar-refractivity contribution in [3.05, 3.63) is 13.5 Å². The Kier molecular flexibility index (Phi) is 3.87. The third-order valence-corrected chi connectivity index (χ3v) is 2.02. The molecule has 0 unspecified atom stereocenters. The molecule has 0 aliphatic carbocycles. The number of aliphatic hydroxyl groups excluding tert-OH is 1. The molecule has 0 atom stereocenters. The van der Waals surface area contributed by atoms with Crippen molar-refractivity contribution in [2.75, 3.05) is 0 Å². The second-order valence-corrected chi connectivity index (χ2v) is 2.59. The summed E-state index contributed by atoms with van der Waals surface area (Å²) >= 11 is 0. The molecule has 1 heteroatoms. The van der Waals surface area contributed by atoms with Gasteiger partial charge in [-0.1, -0.05) is 26.7 Å². The van der Waals surface area contributed by atoms with Gasteiger partial charge in [0.1, 0.15) is 0 Å². The fraction of sp³-hybridized carbons (Fsp3) is 0.750. The number of aliphatic hydroxyl groups is 1. The minimum absolute atomic E-state index is 0.0781. The lowest BCUT2D eigenvalue weighted by Gasteiger charge is -2.24. The summed E-state index contributed by atoms with van der Waals surface area (Å²) < 4.78 is 0. The van der Waals surface area contributed by atoms with E-state index >= 15 is 0 Å². The molecule has 2 radical (unpaired) electrons. The van der Waals surface area contributed by atoms with Crippen molar-refractivity contribution < 1.29 is 5.11 Å². The summed E-state index contributed by atoms with van der Waals surface area (Å²) in [6.07, 6.45) is 2.76. The summed E-state index contributed by atoms with van der Waals surface area (Å²) in [5.74, 6) is 0. The molecule has 1 N–H and O–H groups in total. The Morgan fingerprint density at radius 1 is 1.44 bits per heavy atom. The molecule has 0 spiro atoms. The second kappa shape index (κ2) is 3.89. The van der Waals surface area contributed by atoms with E-state index in [1.165, 1.54) is 6.61 Å². The molecule has 1 nitrogen and oxygen atoms in total. The summed E-state index contributed by atoms with van der Waals surface area (Å²) in [6.45, 7) is 9.41. The molecule has 0 heterocycles. The fourth-order valence-corrected chi connectivity index (χ4v) is 0.732. The van der Waals surface area contributed by atoms with Crippen molar-refractivity contribution in [1.29, 1.82) is 0 Å². The summed E-state index contributed by atoms with van der Waals surface area (Å²) in [5, 5.41) is 8.50. The van der Waals surface area contributed by atoms with Crippen molar-refractivity contribution in [3.63, 3.8) is 0 Å². The third-order valence-electron chi connectivity index (χ3n) is 2.02. The van der Waals surface area contributed by atoms with Crippen LogP contribution >= 0.6 is 0 Å². The fourth-order valence-electron chi connectivity index (χ4n) is 0.732. The van der Waals surface area contributed by atoms with Gasteiger partial charge in [-0.05, 0) is 18.8 Å². The van der Waals surface area contributed by atoms with Gasteiger partial charge in [-0.3, -0.25) is 0 Å². The van der Waals surface area contributed by atoms with E-state index in [0.717, 1.165) is 12.8 Å². The predicted molar refractivity (Wildman–Crippen MR) is 39.2 cm³/mol. The molecule has 0 aromatic rings. The van der Waals surface area contributed by atoms with Gasteiger partial charge >= 0.3 is 0 Å². The van der Waals surface area contributed by atoms with E-state index in [2.05, 4.69) is 20.8 Å². The molecule has 0 saturated carbocycles. The van der Waals surface area contributed by atoms with Crippen LogP contribution < -0.4 is 0 Å². The smallest absolute Gasteiger partial charge is 0.0804 e. The zero-order valence-corrected chi connectivity index (χ0v) is 6.35. The highest BCUT2D eigenvalue weighted by atomic mass is 16.3. The van der Waals surface area contributed by atoms with Crippen LogP contribution in [-0.2, 0) is 0 Å². The van der Waals surface area contributed by atoms with E-state index in [1.54, 1.807) is 0 Å². The van der Waals surface area contributed by atoms with Crippen molar-refractivity contribution in [3.8, 4) is 0 Å². The first-order valence-electron chi connectivity index (χ1n) is 3.49. The van der Waals surface area contributed by atoms with Gasteiger partial charge in [-0.15, -0.1) is 0 Å². The van der Waals surface area contributed by atoms with Crippen LogP contribution in [0.25, 0.3) is 0 Å². The monoisotopic (exact) mass is 128 g/mol. The average Bonchev–Trinajstić information content (AvgIpc) is 1.89. The first kappa shape index (κ1) is 8.96. The highest BCUT2D eigenvalue weighted by Crippen LogP contribution is 2.29. The number of rotatable bonds is 4. The molecular weight excluding hydrogens is 112 g/mol. The van der Waals surface area contributed by atoms with E-state index in [4.69, 9.17) is 5.11 Å². The standard InChI is InChI=1S/C8H16O/c1-4-8(3,5-2)6-7-9/h7,9H,3-6H2,1-2H3. The minimum Gasteiger partial charge on any atom is -0.390 e. The molecule has 0 aliphatic heterocycles. The van der Waals surface area contributed by atoms with Gasteiger partial charge in [0.2, 0.25) is 0 Å². The number of hydrogen-bond donors (Lipinski definition) is 1. The summed E-state index contributed by atoms with van der Waals surface area (Å²) in [6, 6.07) is 0. The van der Waals surface area contributed by atoms with Gasteiger partial charge < -0.3 is 5.11 Å². The summed E-state index contributed by atoms with van der Waals surface area (Å²) in [5.41, 5.74) is 0.0781. The molecule has 0 fully saturated rings. The Labute approximate surface area is 58.1 Å². The first-order chi connectivity index (χ1) is 4.18. The van der Waals surface area contributed by atoms with Crippen molar-refractivity contribution in [2.24, 2.45) is 5.41 Å². The van der Waals surface area contributed by atoms with E-state index in [-0.39, 0.29) is 5.41 Å². The largest absolute Gasteiger partial charge is 0.390 e. The molecule has 0 amide bonds. The van der Waals surface area contributed by atoms with Gasteiger partial charge in [-0.25, -0.2) is 0 Å². The zero-order chi connectivity index (χ0) is 7.33. The maximum atomic E-state index is 8.50.